The number of phenolic OH excluding ortho intramolecular Hbond substituents is 1. The van der Waals surface area contributed by atoms with E-state index in [4.69, 9.17) is 10.1 Å². The Morgan fingerprint density at radius 1 is 0.931 bits per heavy atom. The first-order valence-electron chi connectivity index (χ1n) is 8.83. The number of H-pyrrole nitrogens is 1. The lowest BCUT2D eigenvalue weighted by atomic mass is 10.2. The predicted octanol–water partition coefficient (Wildman–Crippen LogP) is 3.53. The molecule has 0 fully saturated rings. The minimum Gasteiger partial charge on any atom is -0.508 e. The molecule has 0 unspecified atom stereocenters. The standard InChI is InChI=1S/C21H16N4O3S/c22-29(27,28)16-11-7-14(8-12-16)25-20(13-5-9-15(26)10-6-13)24-19-17-3-1-2-4-18(17)23-21(19)25/h1-12,23,26H,(H2,22,27,28). The number of primary sulfonamides is 1. The van der Waals surface area contributed by atoms with Gasteiger partial charge in [-0.25, -0.2) is 18.5 Å². The van der Waals surface area contributed by atoms with Crippen LogP contribution in [0.4, 0.5) is 0 Å². The van der Waals surface area contributed by atoms with Gasteiger partial charge in [0.25, 0.3) is 0 Å². The summed E-state index contributed by atoms with van der Waals surface area (Å²) in [6.07, 6.45) is 0. The minimum absolute atomic E-state index is 0.0421. The fraction of sp³-hybridized carbons (Fsp3) is 0. The number of benzene rings is 3. The van der Waals surface area contributed by atoms with Crippen molar-refractivity contribution in [2.24, 2.45) is 5.14 Å². The minimum atomic E-state index is -3.78. The number of para-hydroxylation sites is 1. The number of fused-ring (bicyclic) bond motifs is 3. The summed E-state index contributed by atoms with van der Waals surface area (Å²) in [5.74, 6) is 0.834. The molecule has 2 aromatic heterocycles. The third-order valence-corrected chi connectivity index (χ3v) is 5.79. The molecule has 0 spiro atoms. The van der Waals surface area contributed by atoms with Crippen LogP contribution in [0.1, 0.15) is 0 Å². The number of hydrogen-bond donors (Lipinski definition) is 3. The van der Waals surface area contributed by atoms with Crippen LogP contribution in [-0.2, 0) is 10.0 Å². The van der Waals surface area contributed by atoms with Crippen LogP contribution < -0.4 is 5.14 Å². The number of aromatic amines is 1. The molecule has 0 bridgehead atoms. The molecule has 5 aromatic rings. The molecule has 4 N–H and O–H groups in total. The monoisotopic (exact) mass is 404 g/mol. The van der Waals surface area contributed by atoms with Gasteiger partial charge in [-0.05, 0) is 54.6 Å². The lowest BCUT2D eigenvalue weighted by Gasteiger charge is -2.10. The van der Waals surface area contributed by atoms with Gasteiger partial charge < -0.3 is 10.1 Å². The van der Waals surface area contributed by atoms with E-state index < -0.39 is 10.0 Å². The molecule has 0 amide bonds. The van der Waals surface area contributed by atoms with Crippen LogP contribution >= 0.6 is 0 Å². The summed E-state index contributed by atoms with van der Waals surface area (Å²) >= 11 is 0. The SMILES string of the molecule is NS(=O)(=O)c1ccc(-n2c(-c3ccc(O)cc3)nc3c4ccccc4[nH]c32)cc1. The van der Waals surface area contributed by atoms with Gasteiger partial charge in [-0.1, -0.05) is 18.2 Å². The molecule has 8 heteroatoms. The molecule has 0 saturated carbocycles. The van der Waals surface area contributed by atoms with Gasteiger partial charge in [0.15, 0.2) is 0 Å². The van der Waals surface area contributed by atoms with Crippen LogP contribution in [-0.4, -0.2) is 28.1 Å². The summed E-state index contributed by atoms with van der Waals surface area (Å²) in [6, 6.07) is 21.0. The van der Waals surface area contributed by atoms with Crippen LogP contribution in [0.15, 0.2) is 77.7 Å². The van der Waals surface area contributed by atoms with Crippen molar-refractivity contribution >= 4 is 32.1 Å². The molecule has 29 heavy (non-hydrogen) atoms. The van der Waals surface area contributed by atoms with Crippen LogP contribution in [0, 0.1) is 0 Å². The Bertz CT molecular complexity index is 1460. The third kappa shape index (κ3) is 2.86. The number of nitrogens with one attached hydrogen (secondary N) is 1. The number of phenols is 1. The van der Waals surface area contributed by atoms with Gasteiger partial charge in [0.2, 0.25) is 10.0 Å². The molecule has 5 rings (SSSR count). The van der Waals surface area contributed by atoms with Crippen molar-refractivity contribution in [1.29, 1.82) is 0 Å². The highest BCUT2D eigenvalue weighted by atomic mass is 32.2. The smallest absolute Gasteiger partial charge is 0.238 e. The Hall–Kier alpha value is -3.62. The summed E-state index contributed by atoms with van der Waals surface area (Å²) in [6.45, 7) is 0. The first kappa shape index (κ1) is 17.5. The zero-order chi connectivity index (χ0) is 20.2. The lowest BCUT2D eigenvalue weighted by Crippen LogP contribution is -2.12. The highest BCUT2D eigenvalue weighted by Gasteiger charge is 2.19. The summed E-state index contributed by atoms with van der Waals surface area (Å²) in [5, 5.41) is 15.8. The average molecular weight is 404 g/mol. The molecule has 7 nitrogen and oxygen atoms in total. The van der Waals surface area contributed by atoms with Gasteiger partial charge in [-0.3, -0.25) is 4.57 Å². The largest absolute Gasteiger partial charge is 0.508 e. The second-order valence-corrected chi connectivity index (χ2v) is 8.29. The fourth-order valence-corrected chi connectivity index (χ4v) is 4.01. The zero-order valence-electron chi connectivity index (χ0n) is 15.1. The highest BCUT2D eigenvalue weighted by Crippen LogP contribution is 2.33. The Kier molecular flexibility index (Phi) is 3.73. The van der Waals surface area contributed by atoms with E-state index >= 15 is 0 Å². The van der Waals surface area contributed by atoms with E-state index in [2.05, 4.69) is 4.98 Å². The second kappa shape index (κ2) is 6.20. The molecule has 0 aliphatic carbocycles. The number of sulfonamides is 1. The number of aromatic nitrogens is 3. The summed E-state index contributed by atoms with van der Waals surface area (Å²) in [5.41, 5.74) is 4.09. The molecule has 3 aromatic carbocycles. The Morgan fingerprint density at radius 3 is 2.31 bits per heavy atom. The van der Waals surface area contributed by atoms with Crippen molar-refractivity contribution in [3.63, 3.8) is 0 Å². The van der Waals surface area contributed by atoms with Gasteiger partial charge in [0.1, 0.15) is 22.7 Å². The van der Waals surface area contributed by atoms with Gasteiger partial charge in [0.05, 0.1) is 4.90 Å². The van der Waals surface area contributed by atoms with Gasteiger partial charge >= 0.3 is 0 Å². The van der Waals surface area contributed by atoms with E-state index in [1.54, 1.807) is 36.4 Å². The molecule has 0 radical (unpaired) electrons. The molecule has 144 valence electrons. The Morgan fingerprint density at radius 2 is 1.62 bits per heavy atom. The molecule has 0 aliphatic heterocycles. The zero-order valence-corrected chi connectivity index (χ0v) is 15.9. The highest BCUT2D eigenvalue weighted by molar-refractivity contribution is 7.89. The van der Waals surface area contributed by atoms with Crippen molar-refractivity contribution in [3.8, 4) is 22.8 Å². The van der Waals surface area contributed by atoms with Crippen LogP contribution in [0.5, 0.6) is 5.75 Å². The van der Waals surface area contributed by atoms with Gasteiger partial charge in [0, 0.05) is 22.2 Å². The topological polar surface area (TPSA) is 114 Å². The number of hydrogen-bond acceptors (Lipinski definition) is 4. The number of aromatic hydroxyl groups is 1. The van der Waals surface area contributed by atoms with Crippen LogP contribution in [0.2, 0.25) is 0 Å². The van der Waals surface area contributed by atoms with Crippen LogP contribution in [0.3, 0.4) is 0 Å². The summed E-state index contributed by atoms with van der Waals surface area (Å²) < 4.78 is 25.1. The molecular formula is C21H16N4O3S. The molecular weight excluding hydrogens is 388 g/mol. The molecule has 2 heterocycles. The van der Waals surface area contributed by atoms with Crippen molar-refractivity contribution in [3.05, 3.63) is 72.8 Å². The maximum Gasteiger partial charge on any atom is 0.238 e. The third-order valence-electron chi connectivity index (χ3n) is 4.86. The first-order chi connectivity index (χ1) is 13.9. The van der Waals surface area contributed by atoms with E-state index in [1.165, 1.54) is 12.1 Å². The van der Waals surface area contributed by atoms with Gasteiger partial charge in [-0.2, -0.15) is 0 Å². The lowest BCUT2D eigenvalue weighted by molar-refractivity contribution is 0.475. The Balaban J connectivity index is 1.81. The maximum atomic E-state index is 11.6. The number of nitrogens with two attached hydrogens (primary N) is 1. The van der Waals surface area contributed by atoms with Crippen LogP contribution in [0.25, 0.3) is 39.1 Å². The van der Waals surface area contributed by atoms with E-state index in [1.807, 2.05) is 28.8 Å². The van der Waals surface area contributed by atoms with Crippen molar-refractivity contribution in [2.45, 2.75) is 4.90 Å². The second-order valence-electron chi connectivity index (χ2n) is 6.72. The number of imidazole rings is 1. The van der Waals surface area contributed by atoms with E-state index in [9.17, 15) is 13.5 Å². The summed E-state index contributed by atoms with van der Waals surface area (Å²) in [7, 11) is -3.78. The quantitative estimate of drug-likeness (QED) is 0.427. The van der Waals surface area contributed by atoms with Crippen molar-refractivity contribution < 1.29 is 13.5 Å². The predicted molar refractivity (Wildman–Crippen MR) is 111 cm³/mol. The van der Waals surface area contributed by atoms with E-state index in [-0.39, 0.29) is 10.6 Å². The van der Waals surface area contributed by atoms with E-state index in [0.717, 1.165) is 33.3 Å². The molecule has 0 saturated heterocycles. The van der Waals surface area contributed by atoms with Crippen molar-refractivity contribution in [2.75, 3.05) is 0 Å². The molecule has 0 atom stereocenters. The number of nitrogens with zero attached hydrogens (tertiary/aromatic N) is 2. The maximum absolute atomic E-state index is 11.6. The van der Waals surface area contributed by atoms with Crippen molar-refractivity contribution in [1.82, 2.24) is 14.5 Å². The number of rotatable bonds is 3. The van der Waals surface area contributed by atoms with Gasteiger partial charge in [-0.15, -0.1) is 0 Å². The molecule has 0 aliphatic rings. The Labute approximate surface area is 166 Å². The first-order valence-corrected chi connectivity index (χ1v) is 10.4. The fourth-order valence-electron chi connectivity index (χ4n) is 3.49. The summed E-state index contributed by atoms with van der Waals surface area (Å²) in [4.78, 5) is 8.30. The van der Waals surface area contributed by atoms with E-state index in [0.29, 0.717) is 5.82 Å². The normalized spacial score (nSPS) is 12.0. The average Bonchev–Trinajstić information content (AvgIpc) is 3.24.